The molecule has 18 heavy (non-hydrogen) atoms. The molecule has 0 aliphatic heterocycles. The minimum Gasteiger partial charge on any atom is -0.312 e. The van der Waals surface area contributed by atoms with Gasteiger partial charge in [0.25, 0.3) is 0 Å². The Kier molecular flexibility index (Phi) is 5.02. The molecule has 2 rings (SSSR count). The van der Waals surface area contributed by atoms with Gasteiger partial charge in [0.1, 0.15) is 0 Å². The van der Waals surface area contributed by atoms with Crippen molar-refractivity contribution in [3.63, 3.8) is 0 Å². The number of pyridine rings is 1. The number of nitrogens with zero attached hydrogens (tertiary/aromatic N) is 1. The number of hydrogen-bond donors (Lipinski definition) is 1. The molecule has 1 aliphatic carbocycles. The molecule has 1 fully saturated rings. The van der Waals surface area contributed by atoms with Crippen molar-refractivity contribution in [2.75, 3.05) is 12.4 Å². The molecule has 0 radical (unpaired) electrons. The van der Waals surface area contributed by atoms with Gasteiger partial charge >= 0.3 is 0 Å². The van der Waals surface area contributed by atoms with E-state index in [1.54, 1.807) is 0 Å². The summed E-state index contributed by atoms with van der Waals surface area (Å²) in [6.45, 7) is 4.01. The Morgan fingerprint density at radius 1 is 1.28 bits per heavy atom. The Hall–Kier alpha value is -0.600. The predicted octanol–water partition coefficient (Wildman–Crippen LogP) is 3.67. The summed E-state index contributed by atoms with van der Waals surface area (Å²) < 4.78 is 0. The van der Waals surface area contributed by atoms with Crippen LogP contribution in [0.25, 0.3) is 0 Å². The molecular weight excluding hydrogens is 244 g/mol. The number of aryl methyl sites for hydroxylation is 1. The molecule has 0 bridgehead atoms. The van der Waals surface area contributed by atoms with Gasteiger partial charge in [-0.25, -0.2) is 0 Å². The van der Waals surface area contributed by atoms with E-state index in [4.69, 9.17) is 11.6 Å². The molecule has 100 valence electrons. The molecule has 0 saturated heterocycles. The molecule has 1 aromatic rings. The summed E-state index contributed by atoms with van der Waals surface area (Å²) in [4.78, 5) is 4.22. The van der Waals surface area contributed by atoms with Crippen LogP contribution in [0.15, 0.2) is 18.5 Å². The molecule has 1 N–H and O–H groups in total. The SMILES string of the molecule is Cc1cncc(CNCC2(CCl)CCCCC2)c1. The summed E-state index contributed by atoms with van der Waals surface area (Å²) in [6.07, 6.45) is 10.4. The third kappa shape index (κ3) is 3.69. The van der Waals surface area contributed by atoms with Crippen LogP contribution in [0.1, 0.15) is 43.2 Å². The molecule has 0 amide bonds. The van der Waals surface area contributed by atoms with Gasteiger partial charge in [-0.05, 0) is 36.3 Å². The lowest BCUT2D eigenvalue weighted by atomic mass is 9.75. The van der Waals surface area contributed by atoms with Crippen molar-refractivity contribution in [2.45, 2.75) is 45.6 Å². The summed E-state index contributed by atoms with van der Waals surface area (Å²) in [5.74, 6) is 0.784. The zero-order valence-corrected chi connectivity index (χ0v) is 12.0. The number of alkyl halides is 1. The van der Waals surface area contributed by atoms with Gasteiger partial charge in [-0.15, -0.1) is 11.6 Å². The van der Waals surface area contributed by atoms with E-state index in [1.165, 1.54) is 43.2 Å². The Balaban J connectivity index is 1.83. The minimum atomic E-state index is 0.330. The molecule has 1 aliphatic rings. The van der Waals surface area contributed by atoms with Crippen LogP contribution in [-0.2, 0) is 6.54 Å². The third-order valence-corrected chi connectivity index (χ3v) is 4.53. The van der Waals surface area contributed by atoms with E-state index in [1.807, 2.05) is 12.4 Å². The van der Waals surface area contributed by atoms with Crippen molar-refractivity contribution in [1.29, 1.82) is 0 Å². The molecule has 3 heteroatoms. The molecule has 0 spiro atoms. The monoisotopic (exact) mass is 266 g/mol. The van der Waals surface area contributed by atoms with Gasteiger partial charge in [-0.2, -0.15) is 0 Å². The van der Waals surface area contributed by atoms with Gasteiger partial charge in [0.15, 0.2) is 0 Å². The van der Waals surface area contributed by atoms with Gasteiger partial charge in [-0.3, -0.25) is 4.98 Å². The number of halogens is 1. The smallest absolute Gasteiger partial charge is 0.0313 e. The van der Waals surface area contributed by atoms with Crippen LogP contribution in [0.2, 0.25) is 0 Å². The number of rotatable bonds is 5. The maximum absolute atomic E-state index is 6.19. The van der Waals surface area contributed by atoms with Gasteiger partial charge in [-0.1, -0.05) is 25.3 Å². The second-order valence-corrected chi connectivity index (χ2v) is 5.94. The van der Waals surface area contributed by atoms with Crippen LogP contribution in [-0.4, -0.2) is 17.4 Å². The van der Waals surface area contributed by atoms with Crippen LogP contribution in [0.5, 0.6) is 0 Å². The Labute approximate surface area is 115 Å². The fraction of sp³-hybridized carbons (Fsp3) is 0.667. The van der Waals surface area contributed by atoms with Gasteiger partial charge in [0, 0.05) is 31.4 Å². The van der Waals surface area contributed by atoms with Crippen molar-refractivity contribution >= 4 is 11.6 Å². The predicted molar refractivity (Wildman–Crippen MR) is 76.9 cm³/mol. The molecule has 1 aromatic heterocycles. The fourth-order valence-corrected chi connectivity index (χ4v) is 3.21. The standard InChI is InChI=1S/C15H23ClN2/c1-13-7-14(9-17-8-13)10-18-12-15(11-16)5-3-2-4-6-15/h7-9,18H,2-6,10-12H2,1H3. The maximum Gasteiger partial charge on any atom is 0.0313 e. The second-order valence-electron chi connectivity index (χ2n) is 5.67. The summed E-state index contributed by atoms with van der Waals surface area (Å²) >= 11 is 6.19. The van der Waals surface area contributed by atoms with Gasteiger partial charge < -0.3 is 5.32 Å². The van der Waals surface area contributed by atoms with Crippen molar-refractivity contribution < 1.29 is 0 Å². The zero-order valence-electron chi connectivity index (χ0n) is 11.2. The van der Waals surface area contributed by atoms with Gasteiger partial charge in [0.2, 0.25) is 0 Å². The normalized spacial score (nSPS) is 18.8. The van der Waals surface area contributed by atoms with Crippen LogP contribution in [0.4, 0.5) is 0 Å². The van der Waals surface area contributed by atoms with E-state index in [0.717, 1.165) is 19.0 Å². The molecule has 0 atom stereocenters. The highest BCUT2D eigenvalue weighted by molar-refractivity contribution is 6.18. The topological polar surface area (TPSA) is 24.9 Å². The average molecular weight is 267 g/mol. The molecular formula is C15H23ClN2. The first kappa shape index (κ1) is 13.8. The van der Waals surface area contributed by atoms with E-state index in [0.29, 0.717) is 5.41 Å². The molecule has 0 unspecified atom stereocenters. The second kappa shape index (κ2) is 6.53. The maximum atomic E-state index is 6.19. The van der Waals surface area contributed by atoms with E-state index in [2.05, 4.69) is 23.3 Å². The van der Waals surface area contributed by atoms with Crippen molar-refractivity contribution in [1.82, 2.24) is 10.3 Å². The first-order valence-corrected chi connectivity index (χ1v) is 7.45. The quantitative estimate of drug-likeness (QED) is 0.823. The summed E-state index contributed by atoms with van der Waals surface area (Å²) in [5.41, 5.74) is 2.81. The van der Waals surface area contributed by atoms with Gasteiger partial charge in [0.05, 0.1) is 0 Å². The lowest BCUT2D eigenvalue weighted by molar-refractivity contribution is 0.212. The molecule has 0 aromatic carbocycles. The molecule has 1 heterocycles. The number of aromatic nitrogens is 1. The lowest BCUT2D eigenvalue weighted by Gasteiger charge is -2.35. The largest absolute Gasteiger partial charge is 0.312 e. The van der Waals surface area contributed by atoms with Crippen LogP contribution in [0.3, 0.4) is 0 Å². The number of nitrogens with one attached hydrogen (secondary N) is 1. The highest BCUT2D eigenvalue weighted by Crippen LogP contribution is 2.36. The molecule has 2 nitrogen and oxygen atoms in total. The van der Waals surface area contributed by atoms with E-state index in [9.17, 15) is 0 Å². The number of hydrogen-bond acceptors (Lipinski definition) is 2. The van der Waals surface area contributed by atoms with E-state index in [-0.39, 0.29) is 0 Å². The van der Waals surface area contributed by atoms with Crippen LogP contribution < -0.4 is 5.32 Å². The Morgan fingerprint density at radius 3 is 2.72 bits per heavy atom. The first-order valence-electron chi connectivity index (χ1n) is 6.91. The lowest BCUT2D eigenvalue weighted by Crippen LogP contribution is -2.37. The summed E-state index contributed by atoms with van der Waals surface area (Å²) in [5, 5.41) is 3.57. The average Bonchev–Trinajstić information content (AvgIpc) is 2.40. The van der Waals surface area contributed by atoms with Crippen LogP contribution in [0, 0.1) is 12.3 Å². The zero-order chi connectivity index (χ0) is 12.8. The minimum absolute atomic E-state index is 0.330. The molecule has 1 saturated carbocycles. The van der Waals surface area contributed by atoms with Crippen molar-refractivity contribution in [2.24, 2.45) is 5.41 Å². The van der Waals surface area contributed by atoms with Crippen molar-refractivity contribution in [3.05, 3.63) is 29.6 Å². The summed E-state index contributed by atoms with van der Waals surface area (Å²) in [6, 6.07) is 2.19. The Bertz CT molecular complexity index is 373. The highest BCUT2D eigenvalue weighted by atomic mass is 35.5. The fourth-order valence-electron chi connectivity index (χ4n) is 2.85. The first-order chi connectivity index (χ1) is 8.74. The van der Waals surface area contributed by atoms with Crippen LogP contribution >= 0.6 is 11.6 Å². The van der Waals surface area contributed by atoms with E-state index >= 15 is 0 Å². The summed E-state index contributed by atoms with van der Waals surface area (Å²) in [7, 11) is 0. The Morgan fingerprint density at radius 2 is 2.06 bits per heavy atom. The van der Waals surface area contributed by atoms with E-state index < -0.39 is 0 Å². The highest BCUT2D eigenvalue weighted by Gasteiger charge is 2.30. The van der Waals surface area contributed by atoms with Crippen molar-refractivity contribution in [3.8, 4) is 0 Å². The third-order valence-electron chi connectivity index (χ3n) is 3.96.